The Bertz CT molecular complexity index is 1290. The monoisotopic (exact) mass is 533 g/mol. The predicted octanol–water partition coefficient (Wildman–Crippen LogP) is 2.14. The molecule has 0 aliphatic rings. The molecule has 0 fully saturated rings. The SMILES string of the molecule is COc1cc(OC)cc(C(=O)NCCC(=O)Nc2nnc(CCNS(=O)(=O)c3ccc(C)cc3)s2)c1. The number of benzene rings is 2. The maximum atomic E-state index is 12.4. The molecule has 3 aromatic rings. The van der Waals surface area contributed by atoms with Crippen LogP contribution in [0, 0.1) is 6.92 Å². The zero-order valence-electron chi connectivity index (χ0n) is 20.0. The summed E-state index contributed by atoms with van der Waals surface area (Å²) in [7, 11) is -0.637. The van der Waals surface area contributed by atoms with Gasteiger partial charge in [-0.2, -0.15) is 0 Å². The molecule has 11 nitrogen and oxygen atoms in total. The van der Waals surface area contributed by atoms with Crippen LogP contribution in [0.2, 0.25) is 0 Å². The Labute approximate surface area is 213 Å². The highest BCUT2D eigenvalue weighted by Gasteiger charge is 2.15. The number of sulfonamides is 1. The van der Waals surface area contributed by atoms with Crippen LogP contribution in [0.1, 0.15) is 27.3 Å². The second-order valence-corrected chi connectivity index (χ2v) is 10.4. The molecule has 13 heteroatoms. The van der Waals surface area contributed by atoms with Gasteiger partial charge in [-0.3, -0.25) is 9.59 Å². The maximum absolute atomic E-state index is 12.4. The number of methoxy groups -OCH3 is 2. The summed E-state index contributed by atoms with van der Waals surface area (Å²) < 4.78 is 37.5. The van der Waals surface area contributed by atoms with E-state index in [0.29, 0.717) is 33.6 Å². The van der Waals surface area contributed by atoms with Gasteiger partial charge in [0.15, 0.2) is 0 Å². The second kappa shape index (κ2) is 12.4. The third-order valence-corrected chi connectivity index (χ3v) is 7.30. The van der Waals surface area contributed by atoms with Crippen LogP contribution in [0.4, 0.5) is 5.13 Å². The van der Waals surface area contributed by atoms with Crippen molar-refractivity contribution < 1.29 is 27.5 Å². The van der Waals surface area contributed by atoms with Crippen molar-refractivity contribution in [1.29, 1.82) is 0 Å². The van der Waals surface area contributed by atoms with E-state index in [9.17, 15) is 18.0 Å². The molecule has 0 aliphatic carbocycles. The van der Waals surface area contributed by atoms with Crippen LogP contribution in [0.3, 0.4) is 0 Å². The van der Waals surface area contributed by atoms with Crippen LogP contribution in [-0.4, -0.2) is 57.7 Å². The fourth-order valence-corrected chi connectivity index (χ4v) is 4.80. The summed E-state index contributed by atoms with van der Waals surface area (Å²) in [6.45, 7) is 2.13. The summed E-state index contributed by atoms with van der Waals surface area (Å²) in [6, 6.07) is 11.4. The van der Waals surface area contributed by atoms with E-state index in [1.165, 1.54) is 14.2 Å². The molecule has 1 heterocycles. The normalized spacial score (nSPS) is 11.1. The van der Waals surface area contributed by atoms with Crippen LogP contribution >= 0.6 is 11.3 Å². The number of nitrogens with zero attached hydrogens (tertiary/aromatic N) is 2. The van der Waals surface area contributed by atoms with E-state index in [1.807, 2.05) is 6.92 Å². The molecule has 3 N–H and O–H groups in total. The molecule has 0 bridgehead atoms. The zero-order chi connectivity index (χ0) is 26.1. The lowest BCUT2D eigenvalue weighted by molar-refractivity contribution is -0.116. The number of anilines is 1. The molecule has 0 aliphatic heterocycles. The van der Waals surface area contributed by atoms with Crippen LogP contribution in [-0.2, 0) is 21.2 Å². The van der Waals surface area contributed by atoms with E-state index < -0.39 is 10.0 Å². The first-order valence-corrected chi connectivity index (χ1v) is 13.2. The van der Waals surface area contributed by atoms with Crippen LogP contribution in [0.25, 0.3) is 0 Å². The van der Waals surface area contributed by atoms with Crippen LogP contribution in [0.5, 0.6) is 11.5 Å². The van der Waals surface area contributed by atoms with E-state index in [-0.39, 0.29) is 36.2 Å². The Kier molecular flexibility index (Phi) is 9.33. The molecule has 3 rings (SSSR count). The molecule has 0 spiro atoms. The predicted molar refractivity (Wildman–Crippen MR) is 135 cm³/mol. The van der Waals surface area contributed by atoms with Gasteiger partial charge in [0.25, 0.3) is 5.91 Å². The van der Waals surface area contributed by atoms with Gasteiger partial charge in [0.05, 0.1) is 19.1 Å². The Morgan fingerprint density at radius 2 is 1.64 bits per heavy atom. The topological polar surface area (TPSA) is 149 Å². The summed E-state index contributed by atoms with van der Waals surface area (Å²) in [6.07, 6.45) is 0.344. The average molecular weight is 534 g/mol. The first-order chi connectivity index (χ1) is 17.2. The summed E-state index contributed by atoms with van der Waals surface area (Å²) in [5.74, 6) is 0.243. The van der Waals surface area contributed by atoms with Gasteiger partial charge >= 0.3 is 0 Å². The number of carbonyl (C=O) groups is 2. The molecule has 0 atom stereocenters. The fraction of sp³-hybridized carbons (Fsp3) is 0.304. The number of amides is 2. The molecule has 2 aromatic carbocycles. The number of aromatic nitrogens is 2. The lowest BCUT2D eigenvalue weighted by atomic mass is 10.2. The number of hydrogen-bond acceptors (Lipinski definition) is 9. The summed E-state index contributed by atoms with van der Waals surface area (Å²) in [4.78, 5) is 24.8. The van der Waals surface area contributed by atoms with Gasteiger partial charge in [-0.05, 0) is 31.2 Å². The smallest absolute Gasteiger partial charge is 0.251 e. The number of rotatable bonds is 12. The standard InChI is InChI=1S/C23H27N5O6S2/c1-15-4-6-19(7-5-15)36(31,32)25-11-9-21-27-28-23(35-21)26-20(29)8-10-24-22(30)16-12-17(33-2)14-18(13-16)34-3/h4-7,12-14,25H,8-11H2,1-3H3,(H,24,30)(H,26,28,29). The number of aryl methyl sites for hydroxylation is 1. The Balaban J connectivity index is 1.42. The molecular weight excluding hydrogens is 506 g/mol. The molecule has 0 saturated heterocycles. The minimum atomic E-state index is -3.62. The number of carbonyl (C=O) groups excluding carboxylic acids is 2. The van der Waals surface area contributed by atoms with E-state index >= 15 is 0 Å². The third kappa shape index (κ3) is 7.73. The first kappa shape index (κ1) is 27.0. The minimum absolute atomic E-state index is 0.0259. The number of hydrogen-bond donors (Lipinski definition) is 3. The first-order valence-electron chi connectivity index (χ1n) is 10.9. The van der Waals surface area contributed by atoms with E-state index in [0.717, 1.165) is 16.9 Å². The number of nitrogens with one attached hydrogen (secondary N) is 3. The van der Waals surface area contributed by atoms with Gasteiger partial charge in [0.1, 0.15) is 16.5 Å². The summed E-state index contributed by atoms with van der Waals surface area (Å²) in [5.41, 5.74) is 1.32. The van der Waals surface area contributed by atoms with Gasteiger partial charge in [0, 0.05) is 37.6 Å². The Hall–Kier alpha value is -3.55. The lowest BCUT2D eigenvalue weighted by Gasteiger charge is -2.09. The molecule has 0 radical (unpaired) electrons. The van der Waals surface area contributed by atoms with Crippen molar-refractivity contribution in [1.82, 2.24) is 20.2 Å². The molecular formula is C23H27N5O6S2. The van der Waals surface area contributed by atoms with Crippen molar-refractivity contribution in [2.75, 3.05) is 32.6 Å². The highest BCUT2D eigenvalue weighted by Crippen LogP contribution is 2.22. The molecule has 192 valence electrons. The van der Waals surface area contributed by atoms with E-state index in [2.05, 4.69) is 25.6 Å². The third-order valence-electron chi connectivity index (χ3n) is 4.93. The number of ether oxygens (including phenoxy) is 2. The van der Waals surface area contributed by atoms with Crippen molar-refractivity contribution in [3.05, 3.63) is 58.6 Å². The molecule has 1 aromatic heterocycles. The highest BCUT2D eigenvalue weighted by atomic mass is 32.2. The molecule has 36 heavy (non-hydrogen) atoms. The fourth-order valence-electron chi connectivity index (χ4n) is 3.01. The van der Waals surface area contributed by atoms with Crippen molar-refractivity contribution in [2.24, 2.45) is 0 Å². The summed E-state index contributed by atoms with van der Waals surface area (Å²) in [5, 5.41) is 14.0. The molecule has 0 saturated carbocycles. The van der Waals surface area contributed by atoms with Gasteiger partial charge in [-0.15, -0.1) is 10.2 Å². The van der Waals surface area contributed by atoms with Gasteiger partial charge in [-0.25, -0.2) is 13.1 Å². The largest absolute Gasteiger partial charge is 0.497 e. The lowest BCUT2D eigenvalue weighted by Crippen LogP contribution is -2.27. The van der Waals surface area contributed by atoms with Crippen LogP contribution in [0.15, 0.2) is 47.4 Å². The van der Waals surface area contributed by atoms with E-state index in [1.54, 1.807) is 42.5 Å². The van der Waals surface area contributed by atoms with Crippen molar-refractivity contribution in [3.8, 4) is 11.5 Å². The molecule has 0 unspecified atom stereocenters. The van der Waals surface area contributed by atoms with Crippen molar-refractivity contribution in [2.45, 2.75) is 24.7 Å². The highest BCUT2D eigenvalue weighted by molar-refractivity contribution is 7.89. The van der Waals surface area contributed by atoms with Crippen molar-refractivity contribution >= 4 is 38.3 Å². The zero-order valence-corrected chi connectivity index (χ0v) is 21.7. The second-order valence-electron chi connectivity index (χ2n) is 7.62. The maximum Gasteiger partial charge on any atom is 0.251 e. The average Bonchev–Trinajstić information content (AvgIpc) is 3.30. The minimum Gasteiger partial charge on any atom is -0.497 e. The summed E-state index contributed by atoms with van der Waals surface area (Å²) >= 11 is 1.15. The Morgan fingerprint density at radius 3 is 2.28 bits per heavy atom. The van der Waals surface area contributed by atoms with Crippen molar-refractivity contribution in [3.63, 3.8) is 0 Å². The van der Waals surface area contributed by atoms with E-state index in [4.69, 9.17) is 9.47 Å². The van der Waals surface area contributed by atoms with Gasteiger partial charge in [0.2, 0.25) is 21.1 Å². The molecule has 2 amide bonds. The quantitative estimate of drug-likeness (QED) is 0.321. The Morgan fingerprint density at radius 1 is 0.972 bits per heavy atom. The van der Waals surface area contributed by atoms with Gasteiger partial charge < -0.3 is 20.1 Å². The van der Waals surface area contributed by atoms with Crippen LogP contribution < -0.4 is 24.8 Å². The van der Waals surface area contributed by atoms with Gasteiger partial charge in [-0.1, -0.05) is 29.0 Å².